The summed E-state index contributed by atoms with van der Waals surface area (Å²) in [5, 5.41) is 2.05. The minimum atomic E-state index is 0.202. The quantitative estimate of drug-likeness (QED) is 0.833. The Morgan fingerprint density at radius 2 is 2.38 bits per heavy atom. The molecule has 0 radical (unpaired) electrons. The highest BCUT2D eigenvalue weighted by Gasteiger charge is 2.33. The van der Waals surface area contributed by atoms with Gasteiger partial charge in [0.15, 0.2) is 0 Å². The molecule has 1 heterocycles. The molecule has 1 saturated carbocycles. The largest absolute Gasteiger partial charge is 0.340 e. The van der Waals surface area contributed by atoms with Crippen molar-refractivity contribution in [2.45, 2.75) is 26.3 Å². The van der Waals surface area contributed by atoms with Crippen LogP contribution in [-0.4, -0.2) is 17.9 Å². The monoisotopic (exact) mass is 301 g/mol. The van der Waals surface area contributed by atoms with Crippen molar-refractivity contribution in [3.63, 3.8) is 0 Å². The second kappa shape index (κ2) is 4.88. The van der Waals surface area contributed by atoms with Crippen molar-refractivity contribution in [3.05, 3.63) is 20.8 Å². The van der Waals surface area contributed by atoms with E-state index in [1.165, 1.54) is 17.7 Å². The predicted molar refractivity (Wildman–Crippen MR) is 70.4 cm³/mol. The van der Waals surface area contributed by atoms with Crippen LogP contribution in [-0.2, 0) is 11.3 Å². The van der Waals surface area contributed by atoms with E-state index in [0.29, 0.717) is 5.92 Å². The Kier molecular flexibility index (Phi) is 3.70. The fourth-order valence-electron chi connectivity index (χ4n) is 1.89. The van der Waals surface area contributed by atoms with E-state index in [1.807, 2.05) is 11.9 Å². The van der Waals surface area contributed by atoms with Gasteiger partial charge in [0.05, 0.1) is 6.54 Å². The molecule has 1 aliphatic rings. The lowest BCUT2D eigenvalue weighted by molar-refractivity contribution is -0.134. The molecule has 1 atom stereocenters. The average molecular weight is 302 g/mol. The summed E-state index contributed by atoms with van der Waals surface area (Å²) in [6, 6.07) is 2.08. The van der Waals surface area contributed by atoms with Crippen molar-refractivity contribution in [3.8, 4) is 0 Å². The summed E-state index contributed by atoms with van der Waals surface area (Å²) in [6.07, 6.45) is 2.45. The van der Waals surface area contributed by atoms with Gasteiger partial charge in [-0.1, -0.05) is 6.92 Å². The van der Waals surface area contributed by atoms with Gasteiger partial charge in [0.1, 0.15) is 0 Å². The molecule has 1 aliphatic carbocycles. The molecular formula is C12H16BrNOS. The average Bonchev–Trinajstić information content (AvgIpc) is 3.02. The third-order valence-electron chi connectivity index (χ3n) is 3.11. The van der Waals surface area contributed by atoms with Crippen LogP contribution >= 0.6 is 27.3 Å². The van der Waals surface area contributed by atoms with Gasteiger partial charge in [-0.05, 0) is 40.8 Å². The third-order valence-corrected chi connectivity index (χ3v) is 4.79. The van der Waals surface area contributed by atoms with Crippen molar-refractivity contribution in [1.29, 1.82) is 0 Å². The second-order valence-corrected chi connectivity index (χ2v) is 6.46. The van der Waals surface area contributed by atoms with Crippen LogP contribution in [0.15, 0.2) is 15.9 Å². The highest BCUT2D eigenvalue weighted by molar-refractivity contribution is 9.10. The number of rotatable bonds is 4. The fraction of sp³-hybridized carbons (Fsp3) is 0.583. The first-order valence-corrected chi connectivity index (χ1v) is 7.23. The molecule has 2 rings (SSSR count). The van der Waals surface area contributed by atoms with Gasteiger partial charge in [-0.2, -0.15) is 0 Å². The molecule has 0 spiro atoms. The van der Waals surface area contributed by atoms with Crippen LogP contribution in [0.4, 0.5) is 0 Å². The molecule has 0 N–H and O–H groups in total. The van der Waals surface area contributed by atoms with Crippen molar-refractivity contribution in [1.82, 2.24) is 4.90 Å². The normalized spacial score (nSPS) is 17.2. The lowest BCUT2D eigenvalue weighted by atomic mass is 10.1. The highest BCUT2D eigenvalue weighted by atomic mass is 79.9. The lowest BCUT2D eigenvalue weighted by Crippen LogP contribution is -2.31. The zero-order valence-corrected chi connectivity index (χ0v) is 12.0. The van der Waals surface area contributed by atoms with Crippen LogP contribution in [0.25, 0.3) is 0 Å². The molecule has 0 bridgehead atoms. The second-order valence-electron chi connectivity index (χ2n) is 4.55. The van der Waals surface area contributed by atoms with Gasteiger partial charge >= 0.3 is 0 Å². The number of halogens is 1. The molecule has 1 aromatic heterocycles. The topological polar surface area (TPSA) is 20.3 Å². The summed E-state index contributed by atoms with van der Waals surface area (Å²) in [5.41, 5.74) is 0. The van der Waals surface area contributed by atoms with Crippen LogP contribution < -0.4 is 0 Å². The molecule has 1 amide bonds. The Hall–Kier alpha value is -0.350. The minimum Gasteiger partial charge on any atom is -0.340 e. The summed E-state index contributed by atoms with van der Waals surface area (Å²) >= 11 is 5.12. The molecular weight excluding hydrogens is 286 g/mol. The molecule has 4 heteroatoms. The molecule has 88 valence electrons. The van der Waals surface area contributed by atoms with E-state index in [0.717, 1.165) is 11.0 Å². The minimum absolute atomic E-state index is 0.202. The Bertz CT molecular complexity index is 386. The van der Waals surface area contributed by atoms with Crippen LogP contribution in [0.5, 0.6) is 0 Å². The number of thiophene rings is 1. The van der Waals surface area contributed by atoms with Gasteiger partial charge in [-0.3, -0.25) is 4.79 Å². The van der Waals surface area contributed by atoms with Crippen molar-refractivity contribution in [2.75, 3.05) is 7.05 Å². The van der Waals surface area contributed by atoms with Gasteiger partial charge in [-0.15, -0.1) is 11.3 Å². The first kappa shape index (κ1) is 12.1. The Balaban J connectivity index is 1.91. The lowest BCUT2D eigenvalue weighted by Gasteiger charge is -2.20. The zero-order valence-electron chi connectivity index (χ0n) is 9.57. The van der Waals surface area contributed by atoms with Crippen molar-refractivity contribution < 1.29 is 4.79 Å². The maximum atomic E-state index is 12.1. The molecule has 1 unspecified atom stereocenters. The molecule has 0 aromatic carbocycles. The maximum absolute atomic E-state index is 12.1. The van der Waals surface area contributed by atoms with Crippen LogP contribution in [0.1, 0.15) is 24.6 Å². The summed E-state index contributed by atoms with van der Waals surface area (Å²) in [5.74, 6) is 1.13. The van der Waals surface area contributed by atoms with E-state index in [-0.39, 0.29) is 11.8 Å². The number of amides is 1. The molecule has 1 fully saturated rings. The first-order valence-electron chi connectivity index (χ1n) is 5.56. The number of hydrogen-bond acceptors (Lipinski definition) is 2. The van der Waals surface area contributed by atoms with Crippen LogP contribution in [0.3, 0.4) is 0 Å². The van der Waals surface area contributed by atoms with Gasteiger partial charge in [0, 0.05) is 27.7 Å². The number of nitrogens with zero attached hydrogens (tertiary/aromatic N) is 1. The van der Waals surface area contributed by atoms with E-state index < -0.39 is 0 Å². The number of carbonyl (C=O) groups is 1. The van der Waals surface area contributed by atoms with E-state index >= 15 is 0 Å². The summed E-state index contributed by atoms with van der Waals surface area (Å²) in [4.78, 5) is 15.1. The maximum Gasteiger partial charge on any atom is 0.225 e. The molecule has 0 aliphatic heterocycles. The van der Waals surface area contributed by atoms with Gasteiger partial charge in [0.25, 0.3) is 0 Å². The predicted octanol–water partition coefficient (Wildman–Crippen LogP) is 3.52. The Morgan fingerprint density at radius 1 is 1.69 bits per heavy atom. The van der Waals surface area contributed by atoms with E-state index in [9.17, 15) is 4.79 Å². The SMILES string of the molecule is CC(C(=O)N(C)Cc1cc(Br)cs1)C1CC1. The Labute approximate surface area is 109 Å². The van der Waals surface area contributed by atoms with Crippen molar-refractivity contribution in [2.24, 2.45) is 11.8 Å². The number of hydrogen-bond donors (Lipinski definition) is 0. The van der Waals surface area contributed by atoms with E-state index in [2.05, 4.69) is 34.3 Å². The summed E-state index contributed by atoms with van der Waals surface area (Å²) in [6.45, 7) is 2.78. The van der Waals surface area contributed by atoms with Gasteiger partial charge < -0.3 is 4.90 Å². The molecule has 0 saturated heterocycles. The summed E-state index contributed by atoms with van der Waals surface area (Å²) in [7, 11) is 1.90. The highest BCUT2D eigenvalue weighted by Crippen LogP contribution is 2.37. The number of carbonyl (C=O) groups excluding carboxylic acids is 1. The standard InChI is InChI=1S/C12H16BrNOS/c1-8(9-3-4-9)12(15)14(2)6-11-5-10(13)7-16-11/h5,7-9H,3-4,6H2,1-2H3. The smallest absolute Gasteiger partial charge is 0.225 e. The Morgan fingerprint density at radius 3 is 2.88 bits per heavy atom. The van der Waals surface area contributed by atoms with Crippen LogP contribution in [0.2, 0.25) is 0 Å². The van der Waals surface area contributed by atoms with Gasteiger partial charge in [0.2, 0.25) is 5.91 Å². The molecule has 2 nitrogen and oxygen atoms in total. The van der Waals surface area contributed by atoms with Crippen molar-refractivity contribution >= 4 is 33.2 Å². The van der Waals surface area contributed by atoms with E-state index in [1.54, 1.807) is 11.3 Å². The van der Waals surface area contributed by atoms with E-state index in [4.69, 9.17) is 0 Å². The van der Waals surface area contributed by atoms with Crippen LogP contribution in [0, 0.1) is 11.8 Å². The zero-order chi connectivity index (χ0) is 11.7. The first-order chi connectivity index (χ1) is 7.58. The van der Waals surface area contributed by atoms with Gasteiger partial charge in [-0.25, -0.2) is 0 Å². The third kappa shape index (κ3) is 2.86. The fourth-order valence-corrected chi connectivity index (χ4v) is 3.40. The molecule has 1 aromatic rings. The molecule has 16 heavy (non-hydrogen) atoms. The summed E-state index contributed by atoms with van der Waals surface area (Å²) < 4.78 is 1.10.